The highest BCUT2D eigenvalue weighted by Gasteiger charge is 2.56. The molecular formula is C21H30O. The molecule has 4 aliphatic carbocycles. The lowest BCUT2D eigenvalue weighted by molar-refractivity contribution is -0.115. The standard InChI is InChI=1S/C21H30O/c1-14(22)17-9-10-18-16-8-7-15-6-4-5-12-20(15,2)19(16)11-13-21(17,18)3/h7,9,16,18-19H,4-6,8,10-13H2,1-3H3/t16?,18?,19?,20?,21-/m1/s1. The molecule has 0 saturated heterocycles. The Bertz CT molecular complexity index is 568. The number of ketones is 1. The predicted molar refractivity (Wildman–Crippen MR) is 90.5 cm³/mol. The number of carbonyl (C=O) groups is 1. The molecule has 2 saturated carbocycles. The van der Waals surface area contributed by atoms with Gasteiger partial charge in [0.1, 0.15) is 0 Å². The van der Waals surface area contributed by atoms with Crippen molar-refractivity contribution in [2.75, 3.05) is 0 Å². The maximum atomic E-state index is 12.1. The van der Waals surface area contributed by atoms with E-state index < -0.39 is 0 Å². The lowest BCUT2D eigenvalue weighted by Crippen LogP contribution is -2.49. The molecule has 5 atom stereocenters. The smallest absolute Gasteiger partial charge is 0.156 e. The zero-order valence-electron chi connectivity index (χ0n) is 14.5. The Morgan fingerprint density at radius 3 is 2.64 bits per heavy atom. The van der Waals surface area contributed by atoms with E-state index in [-0.39, 0.29) is 5.41 Å². The molecule has 0 bridgehead atoms. The molecule has 22 heavy (non-hydrogen) atoms. The van der Waals surface area contributed by atoms with Crippen molar-refractivity contribution >= 4 is 5.78 Å². The van der Waals surface area contributed by atoms with Crippen LogP contribution in [0.3, 0.4) is 0 Å². The fourth-order valence-corrected chi connectivity index (χ4v) is 6.81. The van der Waals surface area contributed by atoms with Crippen LogP contribution in [0.4, 0.5) is 0 Å². The molecule has 4 rings (SSSR count). The second-order valence-corrected chi connectivity index (χ2v) is 8.83. The van der Waals surface area contributed by atoms with Crippen LogP contribution in [0.1, 0.15) is 72.1 Å². The van der Waals surface area contributed by atoms with Gasteiger partial charge in [-0.05, 0) is 86.0 Å². The Hall–Kier alpha value is -0.850. The van der Waals surface area contributed by atoms with Gasteiger partial charge in [-0.15, -0.1) is 0 Å². The summed E-state index contributed by atoms with van der Waals surface area (Å²) in [5.41, 5.74) is 3.58. The Kier molecular flexibility index (Phi) is 3.23. The Labute approximate surface area is 135 Å². The zero-order valence-corrected chi connectivity index (χ0v) is 14.5. The lowest BCUT2D eigenvalue weighted by atomic mass is 9.47. The monoisotopic (exact) mass is 298 g/mol. The Morgan fingerprint density at radius 2 is 1.86 bits per heavy atom. The number of carbonyl (C=O) groups excluding carboxylic acids is 1. The van der Waals surface area contributed by atoms with Crippen LogP contribution in [-0.4, -0.2) is 5.78 Å². The van der Waals surface area contributed by atoms with Crippen LogP contribution in [0, 0.1) is 28.6 Å². The van der Waals surface area contributed by atoms with E-state index in [0.29, 0.717) is 17.1 Å². The molecular weight excluding hydrogens is 268 g/mol. The van der Waals surface area contributed by atoms with Gasteiger partial charge in [-0.1, -0.05) is 38.0 Å². The molecule has 0 heterocycles. The highest BCUT2D eigenvalue weighted by molar-refractivity contribution is 5.95. The first-order chi connectivity index (χ1) is 10.5. The normalized spacial score (nSPS) is 47.0. The van der Waals surface area contributed by atoms with Crippen molar-refractivity contribution < 1.29 is 4.79 Å². The Morgan fingerprint density at radius 1 is 1.05 bits per heavy atom. The van der Waals surface area contributed by atoms with Crippen molar-refractivity contribution in [3.8, 4) is 0 Å². The van der Waals surface area contributed by atoms with E-state index in [1.54, 1.807) is 12.5 Å². The van der Waals surface area contributed by atoms with Crippen molar-refractivity contribution in [1.82, 2.24) is 0 Å². The van der Waals surface area contributed by atoms with Crippen LogP contribution in [0.15, 0.2) is 23.3 Å². The van der Waals surface area contributed by atoms with Crippen LogP contribution >= 0.6 is 0 Å². The van der Waals surface area contributed by atoms with E-state index >= 15 is 0 Å². The summed E-state index contributed by atoms with van der Waals surface area (Å²) in [4.78, 5) is 12.1. The zero-order chi connectivity index (χ0) is 15.5. The van der Waals surface area contributed by atoms with E-state index in [2.05, 4.69) is 26.0 Å². The first kappa shape index (κ1) is 14.7. The molecule has 1 heteroatoms. The first-order valence-corrected chi connectivity index (χ1v) is 9.38. The van der Waals surface area contributed by atoms with Crippen LogP contribution in [-0.2, 0) is 4.79 Å². The summed E-state index contributed by atoms with van der Waals surface area (Å²) in [6, 6.07) is 0. The summed E-state index contributed by atoms with van der Waals surface area (Å²) in [7, 11) is 0. The van der Waals surface area contributed by atoms with Crippen LogP contribution in [0.2, 0.25) is 0 Å². The molecule has 0 aliphatic heterocycles. The van der Waals surface area contributed by atoms with Gasteiger partial charge in [0.15, 0.2) is 5.78 Å². The van der Waals surface area contributed by atoms with Crippen molar-refractivity contribution in [2.45, 2.75) is 72.1 Å². The fraction of sp³-hybridized carbons (Fsp3) is 0.762. The van der Waals surface area contributed by atoms with Gasteiger partial charge in [0.2, 0.25) is 0 Å². The minimum Gasteiger partial charge on any atom is -0.295 e. The molecule has 0 spiro atoms. The van der Waals surface area contributed by atoms with Gasteiger partial charge in [-0.2, -0.15) is 0 Å². The summed E-state index contributed by atoms with van der Waals surface area (Å²) < 4.78 is 0. The minimum absolute atomic E-state index is 0.170. The summed E-state index contributed by atoms with van der Waals surface area (Å²) in [6.07, 6.45) is 15.4. The molecule has 4 aliphatic rings. The first-order valence-electron chi connectivity index (χ1n) is 9.38. The largest absolute Gasteiger partial charge is 0.295 e. The van der Waals surface area contributed by atoms with E-state index in [9.17, 15) is 4.79 Å². The van der Waals surface area contributed by atoms with E-state index in [4.69, 9.17) is 0 Å². The van der Waals surface area contributed by atoms with Gasteiger partial charge in [0.25, 0.3) is 0 Å². The van der Waals surface area contributed by atoms with Crippen LogP contribution in [0.5, 0.6) is 0 Å². The van der Waals surface area contributed by atoms with Gasteiger partial charge in [0.05, 0.1) is 0 Å². The number of fused-ring (bicyclic) bond motifs is 5. The van der Waals surface area contributed by atoms with E-state index in [1.807, 2.05) is 0 Å². The average molecular weight is 298 g/mol. The molecule has 0 aromatic heterocycles. The van der Waals surface area contributed by atoms with Crippen molar-refractivity contribution in [1.29, 1.82) is 0 Å². The maximum absolute atomic E-state index is 12.1. The molecule has 2 fully saturated rings. The minimum atomic E-state index is 0.170. The summed E-state index contributed by atoms with van der Waals surface area (Å²) in [5.74, 6) is 2.70. The van der Waals surface area contributed by atoms with Crippen molar-refractivity contribution in [3.63, 3.8) is 0 Å². The second kappa shape index (κ2) is 4.82. The molecule has 0 N–H and O–H groups in total. The quantitative estimate of drug-likeness (QED) is 0.587. The maximum Gasteiger partial charge on any atom is 0.156 e. The van der Waals surface area contributed by atoms with Gasteiger partial charge in [-0.3, -0.25) is 4.79 Å². The molecule has 1 nitrogen and oxygen atoms in total. The van der Waals surface area contributed by atoms with Crippen molar-refractivity contribution in [2.24, 2.45) is 28.6 Å². The molecule has 0 aromatic rings. The van der Waals surface area contributed by atoms with Gasteiger partial charge in [0, 0.05) is 0 Å². The van der Waals surface area contributed by atoms with Gasteiger partial charge >= 0.3 is 0 Å². The number of hydrogen-bond acceptors (Lipinski definition) is 1. The number of hydrogen-bond donors (Lipinski definition) is 0. The van der Waals surface area contributed by atoms with Crippen LogP contribution < -0.4 is 0 Å². The highest BCUT2D eigenvalue weighted by Crippen LogP contribution is 2.64. The highest BCUT2D eigenvalue weighted by atomic mass is 16.1. The van der Waals surface area contributed by atoms with E-state index in [0.717, 1.165) is 23.8 Å². The van der Waals surface area contributed by atoms with Crippen molar-refractivity contribution in [3.05, 3.63) is 23.3 Å². The summed E-state index contributed by atoms with van der Waals surface area (Å²) >= 11 is 0. The molecule has 0 amide bonds. The fourth-order valence-electron chi connectivity index (χ4n) is 6.81. The SMILES string of the molecule is CC(=O)C1=CCC2C3CC=C4CCCCC4(C)C3CC[C@]12C. The second-order valence-electron chi connectivity index (χ2n) is 8.83. The average Bonchev–Trinajstić information content (AvgIpc) is 2.84. The topological polar surface area (TPSA) is 17.1 Å². The lowest BCUT2D eigenvalue weighted by Gasteiger charge is -2.57. The van der Waals surface area contributed by atoms with Gasteiger partial charge in [-0.25, -0.2) is 0 Å². The van der Waals surface area contributed by atoms with Crippen LogP contribution in [0.25, 0.3) is 0 Å². The van der Waals surface area contributed by atoms with Gasteiger partial charge < -0.3 is 0 Å². The number of Topliss-reactive ketones (excluding diaryl/α,β-unsaturated/α-hetero) is 1. The third-order valence-electron chi connectivity index (χ3n) is 7.98. The summed E-state index contributed by atoms with van der Waals surface area (Å²) in [5, 5.41) is 0. The number of allylic oxidation sites excluding steroid dienone is 4. The predicted octanol–water partition coefficient (Wildman–Crippen LogP) is 5.46. The Balaban J connectivity index is 1.69. The number of rotatable bonds is 1. The third-order valence-corrected chi connectivity index (χ3v) is 7.98. The summed E-state index contributed by atoms with van der Waals surface area (Å²) in [6.45, 7) is 6.72. The third kappa shape index (κ3) is 1.80. The molecule has 120 valence electrons. The molecule has 0 aromatic carbocycles. The van der Waals surface area contributed by atoms with E-state index in [1.165, 1.54) is 44.9 Å². The molecule has 0 radical (unpaired) electrons. The molecule has 4 unspecified atom stereocenters.